The zero-order valence-electron chi connectivity index (χ0n) is 12.4. The highest BCUT2D eigenvalue weighted by Gasteiger charge is 2.33. The van der Waals surface area contributed by atoms with Crippen molar-refractivity contribution in [2.75, 3.05) is 44.0 Å². The molecule has 0 aromatic carbocycles. The van der Waals surface area contributed by atoms with Crippen molar-refractivity contribution in [2.24, 2.45) is 0 Å². The number of rotatable bonds is 5. The van der Waals surface area contributed by atoms with Gasteiger partial charge in [-0.25, -0.2) is 8.42 Å². The zero-order valence-corrected chi connectivity index (χ0v) is 14.0. The fourth-order valence-electron chi connectivity index (χ4n) is 2.64. The predicted octanol–water partition coefficient (Wildman–Crippen LogP) is 0.0912. The van der Waals surface area contributed by atoms with Crippen LogP contribution in [0.15, 0.2) is 0 Å². The van der Waals surface area contributed by atoms with Crippen molar-refractivity contribution in [1.29, 1.82) is 0 Å². The minimum atomic E-state index is -3.23. The van der Waals surface area contributed by atoms with Gasteiger partial charge in [-0.1, -0.05) is 0 Å². The summed E-state index contributed by atoms with van der Waals surface area (Å²) in [6.45, 7) is 2.80. The summed E-state index contributed by atoms with van der Waals surface area (Å²) in [5.74, 6) is 1.16. The second-order valence-electron chi connectivity index (χ2n) is 5.52. The molecule has 122 valence electrons. The monoisotopic (exact) mass is 336 g/mol. The molecule has 2 heterocycles. The van der Waals surface area contributed by atoms with Crippen LogP contribution in [0.4, 0.5) is 0 Å². The van der Waals surface area contributed by atoms with E-state index in [0.29, 0.717) is 18.9 Å². The lowest BCUT2D eigenvalue weighted by molar-refractivity contribution is -0.133. The fourth-order valence-corrected chi connectivity index (χ4v) is 5.48. The van der Waals surface area contributed by atoms with Gasteiger partial charge in [-0.05, 0) is 25.9 Å². The van der Waals surface area contributed by atoms with Gasteiger partial charge in [0.1, 0.15) is 5.37 Å². The molecular formula is C13H24N2O4S2. The summed E-state index contributed by atoms with van der Waals surface area (Å²) in [7, 11) is -3.23. The van der Waals surface area contributed by atoms with Crippen molar-refractivity contribution >= 4 is 27.5 Å². The Morgan fingerprint density at radius 3 is 2.76 bits per heavy atom. The van der Waals surface area contributed by atoms with Gasteiger partial charge in [0, 0.05) is 24.3 Å². The summed E-state index contributed by atoms with van der Waals surface area (Å²) >= 11 is 1.59. The van der Waals surface area contributed by atoms with Crippen molar-refractivity contribution in [1.82, 2.24) is 10.2 Å². The third-order valence-corrected chi connectivity index (χ3v) is 6.50. The van der Waals surface area contributed by atoms with E-state index in [0.717, 1.165) is 31.7 Å². The summed E-state index contributed by atoms with van der Waals surface area (Å²) < 4.78 is 29.3. The minimum absolute atomic E-state index is 0.111. The largest absolute Gasteiger partial charge is 0.378 e. The summed E-state index contributed by atoms with van der Waals surface area (Å²) in [5.41, 5.74) is 0. The van der Waals surface area contributed by atoms with Gasteiger partial charge in [0.2, 0.25) is 5.91 Å². The zero-order chi connectivity index (χ0) is 15.3. The molecule has 0 radical (unpaired) electrons. The van der Waals surface area contributed by atoms with Crippen LogP contribution in [0.1, 0.15) is 19.3 Å². The average molecular weight is 336 g/mol. The number of thioether (sulfide) groups is 1. The number of sulfone groups is 1. The van der Waals surface area contributed by atoms with Gasteiger partial charge >= 0.3 is 0 Å². The lowest BCUT2D eigenvalue weighted by Gasteiger charge is -2.34. The molecule has 1 amide bonds. The van der Waals surface area contributed by atoms with Crippen LogP contribution in [0.25, 0.3) is 0 Å². The number of carbonyl (C=O) groups excluding carboxylic acids is 1. The van der Waals surface area contributed by atoms with Crippen LogP contribution in [-0.4, -0.2) is 74.7 Å². The lowest BCUT2D eigenvalue weighted by Crippen LogP contribution is -2.50. The van der Waals surface area contributed by atoms with Crippen LogP contribution < -0.4 is 5.32 Å². The number of amides is 1. The Morgan fingerprint density at radius 2 is 2.10 bits per heavy atom. The molecule has 2 aliphatic rings. The summed E-state index contributed by atoms with van der Waals surface area (Å²) in [6, 6.07) is 0. The molecule has 2 fully saturated rings. The van der Waals surface area contributed by atoms with E-state index in [4.69, 9.17) is 4.74 Å². The van der Waals surface area contributed by atoms with Crippen molar-refractivity contribution in [2.45, 2.75) is 30.7 Å². The van der Waals surface area contributed by atoms with E-state index in [2.05, 4.69) is 5.32 Å². The first-order chi connectivity index (χ1) is 9.98. The average Bonchev–Trinajstić information content (AvgIpc) is 2.47. The quantitative estimate of drug-likeness (QED) is 0.767. The Bertz CT molecular complexity index is 449. The molecule has 0 aliphatic carbocycles. The van der Waals surface area contributed by atoms with E-state index in [1.807, 2.05) is 0 Å². The SMILES string of the molecule is CS(=O)(=O)C1CSCCN1C(=O)CCOC1CCNCC1. The molecule has 8 heteroatoms. The number of ether oxygens (including phenoxy) is 1. The van der Waals surface area contributed by atoms with Crippen molar-refractivity contribution in [3.8, 4) is 0 Å². The molecule has 1 atom stereocenters. The molecule has 0 aromatic rings. The number of hydrogen-bond donors (Lipinski definition) is 1. The van der Waals surface area contributed by atoms with Crippen LogP contribution >= 0.6 is 11.8 Å². The molecule has 21 heavy (non-hydrogen) atoms. The maximum absolute atomic E-state index is 12.3. The lowest BCUT2D eigenvalue weighted by atomic mass is 10.1. The molecule has 2 rings (SSSR count). The van der Waals surface area contributed by atoms with Crippen molar-refractivity contribution < 1.29 is 17.9 Å². The Labute approximate surface area is 130 Å². The van der Waals surface area contributed by atoms with E-state index in [1.54, 1.807) is 11.8 Å². The second-order valence-corrected chi connectivity index (χ2v) is 8.87. The Morgan fingerprint density at radius 1 is 1.38 bits per heavy atom. The third kappa shape index (κ3) is 5.12. The topological polar surface area (TPSA) is 75.7 Å². The summed E-state index contributed by atoms with van der Waals surface area (Å²) in [5, 5.41) is 2.59. The second kappa shape index (κ2) is 7.80. The first-order valence-electron chi connectivity index (χ1n) is 7.37. The van der Waals surface area contributed by atoms with Crippen LogP contribution in [-0.2, 0) is 19.4 Å². The van der Waals surface area contributed by atoms with E-state index >= 15 is 0 Å². The molecule has 0 spiro atoms. The van der Waals surface area contributed by atoms with Gasteiger partial charge in [-0.2, -0.15) is 11.8 Å². The standard InChI is InChI=1S/C13H24N2O4S2/c1-21(17,18)13-10-20-9-7-15(13)12(16)4-8-19-11-2-5-14-6-3-11/h11,13-14H,2-10H2,1H3. The molecule has 2 saturated heterocycles. The normalized spacial score (nSPS) is 25.0. The highest BCUT2D eigenvalue weighted by molar-refractivity contribution is 8.00. The van der Waals surface area contributed by atoms with E-state index in [-0.39, 0.29) is 18.4 Å². The van der Waals surface area contributed by atoms with Crippen molar-refractivity contribution in [3.63, 3.8) is 0 Å². The smallest absolute Gasteiger partial charge is 0.226 e. The highest BCUT2D eigenvalue weighted by Crippen LogP contribution is 2.21. The maximum Gasteiger partial charge on any atom is 0.226 e. The molecule has 0 bridgehead atoms. The van der Waals surface area contributed by atoms with Crippen LogP contribution in [0, 0.1) is 0 Å². The third-order valence-electron chi connectivity index (χ3n) is 3.85. The summed E-state index contributed by atoms with van der Waals surface area (Å²) in [4.78, 5) is 13.8. The van der Waals surface area contributed by atoms with E-state index in [1.165, 1.54) is 11.2 Å². The molecule has 1 unspecified atom stereocenters. The highest BCUT2D eigenvalue weighted by atomic mass is 32.2. The van der Waals surface area contributed by atoms with Crippen molar-refractivity contribution in [3.05, 3.63) is 0 Å². The minimum Gasteiger partial charge on any atom is -0.378 e. The number of nitrogens with one attached hydrogen (secondary N) is 1. The van der Waals surface area contributed by atoms with Gasteiger partial charge in [0.05, 0.1) is 19.1 Å². The van der Waals surface area contributed by atoms with E-state index < -0.39 is 15.2 Å². The van der Waals surface area contributed by atoms with Crippen LogP contribution in [0.2, 0.25) is 0 Å². The molecule has 0 aromatic heterocycles. The number of hydrogen-bond acceptors (Lipinski definition) is 6. The van der Waals surface area contributed by atoms with E-state index in [9.17, 15) is 13.2 Å². The molecule has 6 nitrogen and oxygen atoms in total. The first kappa shape index (κ1) is 17.1. The Hall–Kier alpha value is -0.310. The molecule has 1 N–H and O–H groups in total. The number of carbonyl (C=O) groups is 1. The van der Waals surface area contributed by atoms with Gasteiger partial charge in [-0.3, -0.25) is 4.79 Å². The van der Waals surface area contributed by atoms with Gasteiger partial charge < -0.3 is 15.0 Å². The molecule has 2 aliphatic heterocycles. The first-order valence-corrected chi connectivity index (χ1v) is 10.5. The Kier molecular flexibility index (Phi) is 6.34. The van der Waals surface area contributed by atoms with Crippen LogP contribution in [0.3, 0.4) is 0 Å². The van der Waals surface area contributed by atoms with Gasteiger partial charge in [0.25, 0.3) is 0 Å². The fraction of sp³-hybridized carbons (Fsp3) is 0.923. The van der Waals surface area contributed by atoms with Gasteiger partial charge in [0.15, 0.2) is 9.84 Å². The van der Waals surface area contributed by atoms with Gasteiger partial charge in [-0.15, -0.1) is 0 Å². The number of nitrogens with zero attached hydrogens (tertiary/aromatic N) is 1. The summed E-state index contributed by atoms with van der Waals surface area (Å²) in [6.07, 6.45) is 3.64. The molecular weight excluding hydrogens is 312 g/mol. The molecule has 0 saturated carbocycles. The van der Waals surface area contributed by atoms with Crippen LogP contribution in [0.5, 0.6) is 0 Å². The number of piperidine rings is 1. The maximum atomic E-state index is 12.3. The Balaban J connectivity index is 1.80. The predicted molar refractivity (Wildman–Crippen MR) is 84.1 cm³/mol.